The number of nitrogens with one attached hydrogen (secondary N) is 2. The van der Waals surface area contributed by atoms with Gasteiger partial charge in [0.05, 0.1) is 0 Å². The maximum absolute atomic E-state index is 12.1. The molecule has 2 rings (SSSR count). The molecule has 2 aromatic carbocycles. The number of carbonyl (C=O) groups excluding carboxylic acids is 2. The average Bonchev–Trinajstić information content (AvgIpc) is 2.56. The molecule has 120 valence electrons. The van der Waals surface area contributed by atoms with Crippen LogP contribution in [-0.2, 0) is 0 Å². The minimum Gasteiger partial charge on any atom is -0.352 e. The van der Waals surface area contributed by atoms with Gasteiger partial charge in [-0.25, -0.2) is 0 Å². The quantitative estimate of drug-likeness (QED) is 0.743. The lowest BCUT2D eigenvalue weighted by Gasteiger charge is -2.07. The first-order valence-corrected chi connectivity index (χ1v) is 8.34. The van der Waals surface area contributed by atoms with Crippen molar-refractivity contribution >= 4 is 33.4 Å². The predicted octanol–water partition coefficient (Wildman–Crippen LogP) is 4.23. The number of hydrogen-bond acceptors (Lipinski definition) is 2. The molecule has 4 nitrogen and oxygen atoms in total. The number of rotatable bonds is 6. The van der Waals surface area contributed by atoms with E-state index in [1.807, 2.05) is 12.1 Å². The standard InChI is InChI=1S/C18H19BrN2O2/c1-2-3-12-20-17(22)13-6-10-16(11-7-13)21-18(23)14-4-8-15(19)9-5-14/h4-11H,2-3,12H2,1H3,(H,20,22)(H,21,23). The highest BCUT2D eigenvalue weighted by atomic mass is 79.9. The highest BCUT2D eigenvalue weighted by Crippen LogP contribution is 2.14. The molecule has 2 amide bonds. The number of hydrogen-bond donors (Lipinski definition) is 2. The third-order valence-electron chi connectivity index (χ3n) is 3.33. The Balaban J connectivity index is 1.95. The van der Waals surface area contributed by atoms with Crippen LogP contribution in [0.25, 0.3) is 0 Å². The zero-order valence-electron chi connectivity index (χ0n) is 12.9. The molecule has 2 N–H and O–H groups in total. The van der Waals surface area contributed by atoms with Crippen LogP contribution in [0.15, 0.2) is 53.0 Å². The van der Waals surface area contributed by atoms with E-state index < -0.39 is 0 Å². The van der Waals surface area contributed by atoms with Gasteiger partial charge in [-0.3, -0.25) is 9.59 Å². The van der Waals surface area contributed by atoms with Gasteiger partial charge in [-0.2, -0.15) is 0 Å². The van der Waals surface area contributed by atoms with Crippen molar-refractivity contribution in [1.29, 1.82) is 0 Å². The Morgan fingerprint density at radius 1 is 0.913 bits per heavy atom. The first-order chi connectivity index (χ1) is 11.1. The number of benzene rings is 2. The Hall–Kier alpha value is -2.14. The van der Waals surface area contributed by atoms with E-state index in [0.29, 0.717) is 23.4 Å². The van der Waals surface area contributed by atoms with Crippen molar-refractivity contribution in [3.8, 4) is 0 Å². The fourth-order valence-corrected chi connectivity index (χ4v) is 2.25. The fourth-order valence-electron chi connectivity index (χ4n) is 1.99. The van der Waals surface area contributed by atoms with E-state index in [0.717, 1.165) is 17.3 Å². The maximum atomic E-state index is 12.1. The third kappa shape index (κ3) is 5.21. The number of anilines is 1. The van der Waals surface area contributed by atoms with Crippen LogP contribution in [0.5, 0.6) is 0 Å². The molecule has 0 saturated heterocycles. The Morgan fingerprint density at radius 3 is 2.09 bits per heavy atom. The summed E-state index contributed by atoms with van der Waals surface area (Å²) in [6, 6.07) is 14.0. The van der Waals surface area contributed by atoms with Gasteiger partial charge in [-0.15, -0.1) is 0 Å². The number of unbranched alkanes of at least 4 members (excludes halogenated alkanes) is 1. The van der Waals surface area contributed by atoms with Crippen LogP contribution < -0.4 is 10.6 Å². The molecule has 0 unspecified atom stereocenters. The molecular formula is C18H19BrN2O2. The van der Waals surface area contributed by atoms with Crippen molar-refractivity contribution in [3.05, 3.63) is 64.1 Å². The molecule has 0 atom stereocenters. The monoisotopic (exact) mass is 374 g/mol. The van der Waals surface area contributed by atoms with Crippen molar-refractivity contribution in [2.45, 2.75) is 19.8 Å². The molecule has 0 saturated carbocycles. The molecule has 0 aliphatic carbocycles. The summed E-state index contributed by atoms with van der Waals surface area (Å²) in [6.07, 6.45) is 2.01. The summed E-state index contributed by atoms with van der Waals surface area (Å²) in [5.74, 6) is -0.276. The highest BCUT2D eigenvalue weighted by molar-refractivity contribution is 9.10. The van der Waals surface area contributed by atoms with Gasteiger partial charge in [0.15, 0.2) is 0 Å². The van der Waals surface area contributed by atoms with Crippen molar-refractivity contribution in [2.75, 3.05) is 11.9 Å². The summed E-state index contributed by atoms with van der Waals surface area (Å²) in [5.41, 5.74) is 1.82. The van der Waals surface area contributed by atoms with Gasteiger partial charge < -0.3 is 10.6 Å². The summed E-state index contributed by atoms with van der Waals surface area (Å²) in [7, 11) is 0. The summed E-state index contributed by atoms with van der Waals surface area (Å²) in [4.78, 5) is 24.0. The highest BCUT2D eigenvalue weighted by Gasteiger charge is 2.08. The normalized spacial score (nSPS) is 10.2. The first-order valence-electron chi connectivity index (χ1n) is 7.55. The lowest BCUT2D eigenvalue weighted by molar-refractivity contribution is 0.0952. The largest absolute Gasteiger partial charge is 0.352 e. The minimum absolute atomic E-state index is 0.0933. The first kappa shape index (κ1) is 17.2. The van der Waals surface area contributed by atoms with Gasteiger partial charge >= 0.3 is 0 Å². The maximum Gasteiger partial charge on any atom is 0.255 e. The van der Waals surface area contributed by atoms with E-state index in [1.54, 1.807) is 36.4 Å². The summed E-state index contributed by atoms with van der Waals surface area (Å²) in [6.45, 7) is 2.76. The van der Waals surface area contributed by atoms with Gasteiger partial charge in [-0.05, 0) is 55.0 Å². The second-order valence-electron chi connectivity index (χ2n) is 5.15. The van der Waals surface area contributed by atoms with E-state index >= 15 is 0 Å². The molecular weight excluding hydrogens is 356 g/mol. The zero-order chi connectivity index (χ0) is 16.7. The second-order valence-corrected chi connectivity index (χ2v) is 6.06. The van der Waals surface area contributed by atoms with Gasteiger partial charge in [0.1, 0.15) is 0 Å². The van der Waals surface area contributed by atoms with Crippen LogP contribution in [0.2, 0.25) is 0 Å². The lowest BCUT2D eigenvalue weighted by atomic mass is 10.1. The Bertz CT molecular complexity index is 666. The topological polar surface area (TPSA) is 58.2 Å². The smallest absolute Gasteiger partial charge is 0.255 e. The average molecular weight is 375 g/mol. The fraction of sp³-hybridized carbons (Fsp3) is 0.222. The number of halogens is 1. The van der Waals surface area contributed by atoms with Crippen LogP contribution in [0.4, 0.5) is 5.69 Å². The van der Waals surface area contributed by atoms with Crippen molar-refractivity contribution < 1.29 is 9.59 Å². The molecule has 0 aliphatic heterocycles. The number of carbonyl (C=O) groups is 2. The molecule has 0 fully saturated rings. The molecule has 0 spiro atoms. The van der Waals surface area contributed by atoms with Crippen LogP contribution >= 0.6 is 15.9 Å². The van der Waals surface area contributed by atoms with Crippen LogP contribution in [0, 0.1) is 0 Å². The van der Waals surface area contributed by atoms with E-state index in [-0.39, 0.29) is 11.8 Å². The molecule has 0 aliphatic rings. The minimum atomic E-state index is -0.183. The molecule has 0 radical (unpaired) electrons. The molecule has 0 bridgehead atoms. The molecule has 2 aromatic rings. The van der Waals surface area contributed by atoms with Gasteiger partial charge in [0, 0.05) is 27.8 Å². The molecule has 0 heterocycles. The van der Waals surface area contributed by atoms with Crippen molar-refractivity contribution in [3.63, 3.8) is 0 Å². The SMILES string of the molecule is CCCCNC(=O)c1ccc(NC(=O)c2ccc(Br)cc2)cc1. The van der Waals surface area contributed by atoms with E-state index in [9.17, 15) is 9.59 Å². The van der Waals surface area contributed by atoms with Gasteiger partial charge in [0.2, 0.25) is 0 Å². The molecule has 23 heavy (non-hydrogen) atoms. The van der Waals surface area contributed by atoms with E-state index in [4.69, 9.17) is 0 Å². The van der Waals surface area contributed by atoms with Crippen LogP contribution in [0.1, 0.15) is 40.5 Å². The van der Waals surface area contributed by atoms with Gasteiger partial charge in [0.25, 0.3) is 11.8 Å². The third-order valence-corrected chi connectivity index (χ3v) is 3.86. The van der Waals surface area contributed by atoms with E-state index in [1.165, 1.54) is 0 Å². The van der Waals surface area contributed by atoms with Crippen molar-refractivity contribution in [1.82, 2.24) is 5.32 Å². The Morgan fingerprint density at radius 2 is 1.48 bits per heavy atom. The molecule has 5 heteroatoms. The lowest BCUT2D eigenvalue weighted by Crippen LogP contribution is -2.24. The van der Waals surface area contributed by atoms with Gasteiger partial charge in [-0.1, -0.05) is 29.3 Å². The van der Waals surface area contributed by atoms with Crippen molar-refractivity contribution in [2.24, 2.45) is 0 Å². The molecule has 0 aromatic heterocycles. The Labute approximate surface area is 144 Å². The van der Waals surface area contributed by atoms with Crippen LogP contribution in [0.3, 0.4) is 0 Å². The predicted molar refractivity (Wildman–Crippen MR) is 95.8 cm³/mol. The zero-order valence-corrected chi connectivity index (χ0v) is 14.5. The summed E-state index contributed by atoms with van der Waals surface area (Å²) >= 11 is 3.34. The number of amides is 2. The van der Waals surface area contributed by atoms with E-state index in [2.05, 4.69) is 33.5 Å². The van der Waals surface area contributed by atoms with Crippen LogP contribution in [-0.4, -0.2) is 18.4 Å². The summed E-state index contributed by atoms with van der Waals surface area (Å²) < 4.78 is 0.924. The Kier molecular flexibility index (Phi) is 6.35. The summed E-state index contributed by atoms with van der Waals surface area (Å²) in [5, 5.41) is 5.67. The second kappa shape index (κ2) is 8.48.